The number of ether oxygens (including phenoxy) is 1. The van der Waals surface area contributed by atoms with Gasteiger partial charge in [0.15, 0.2) is 11.5 Å². The second-order valence-electron chi connectivity index (χ2n) is 5.94. The molecule has 0 amide bonds. The fraction of sp³-hybridized carbons (Fsp3) is 0.150. The summed E-state index contributed by atoms with van der Waals surface area (Å²) < 4.78 is 8.17. The number of benzene rings is 2. The topological polar surface area (TPSA) is 78.9 Å². The summed E-state index contributed by atoms with van der Waals surface area (Å²) in [5.74, 6) is 0.390. The molecule has 2 aromatic heterocycles. The molecule has 6 nitrogen and oxygen atoms in total. The van der Waals surface area contributed by atoms with E-state index >= 15 is 0 Å². The van der Waals surface area contributed by atoms with Gasteiger partial charge in [0.05, 0.1) is 12.9 Å². The lowest BCUT2D eigenvalue weighted by molar-refractivity contribution is 0.0743. The van der Waals surface area contributed by atoms with Gasteiger partial charge in [0.1, 0.15) is 17.9 Å². The van der Waals surface area contributed by atoms with E-state index in [1.807, 2.05) is 41.0 Å². The maximum atomic E-state index is 6.24. The molecule has 130 valence electrons. The van der Waals surface area contributed by atoms with Crippen molar-refractivity contribution >= 4 is 17.0 Å². The summed E-state index contributed by atoms with van der Waals surface area (Å²) in [5.41, 5.74) is 9.43. The Morgan fingerprint density at radius 1 is 0.885 bits per heavy atom. The van der Waals surface area contributed by atoms with Crippen LogP contribution in [0.1, 0.15) is 17.2 Å². The van der Waals surface area contributed by atoms with Crippen molar-refractivity contribution in [2.75, 3.05) is 12.3 Å². The zero-order valence-electron chi connectivity index (χ0n) is 14.2. The van der Waals surface area contributed by atoms with Gasteiger partial charge in [0.2, 0.25) is 0 Å². The number of imidazole rings is 1. The molecule has 6 heteroatoms. The SMILES string of the molecule is Nc1ncnc2c1ncn2CCOC(c1ccccc1)c1ccccc1. The van der Waals surface area contributed by atoms with Gasteiger partial charge in [-0.3, -0.25) is 0 Å². The van der Waals surface area contributed by atoms with Gasteiger partial charge in [-0.15, -0.1) is 0 Å². The van der Waals surface area contributed by atoms with E-state index in [1.165, 1.54) is 6.33 Å². The van der Waals surface area contributed by atoms with E-state index in [0.29, 0.717) is 24.5 Å². The second kappa shape index (κ2) is 7.33. The van der Waals surface area contributed by atoms with Crippen molar-refractivity contribution in [3.05, 3.63) is 84.4 Å². The van der Waals surface area contributed by atoms with Crippen LogP contribution in [-0.4, -0.2) is 26.1 Å². The average molecular weight is 345 g/mol. The highest BCUT2D eigenvalue weighted by Crippen LogP contribution is 2.26. The minimum absolute atomic E-state index is 0.119. The highest BCUT2D eigenvalue weighted by molar-refractivity contribution is 5.81. The van der Waals surface area contributed by atoms with Crippen LogP contribution in [0.15, 0.2) is 73.3 Å². The quantitative estimate of drug-likeness (QED) is 0.580. The van der Waals surface area contributed by atoms with Gasteiger partial charge in [-0.05, 0) is 11.1 Å². The number of rotatable bonds is 6. The van der Waals surface area contributed by atoms with E-state index in [2.05, 4.69) is 39.2 Å². The minimum atomic E-state index is -0.119. The fourth-order valence-corrected chi connectivity index (χ4v) is 2.97. The summed E-state index contributed by atoms with van der Waals surface area (Å²) >= 11 is 0. The van der Waals surface area contributed by atoms with Crippen molar-refractivity contribution < 1.29 is 4.74 Å². The molecule has 0 radical (unpaired) electrons. The third-order valence-corrected chi connectivity index (χ3v) is 4.25. The highest BCUT2D eigenvalue weighted by atomic mass is 16.5. The third kappa shape index (κ3) is 3.27. The van der Waals surface area contributed by atoms with Crippen LogP contribution in [0.3, 0.4) is 0 Å². The van der Waals surface area contributed by atoms with Crippen LogP contribution in [-0.2, 0) is 11.3 Å². The number of hydrogen-bond acceptors (Lipinski definition) is 5. The van der Waals surface area contributed by atoms with E-state index in [0.717, 1.165) is 16.8 Å². The average Bonchev–Trinajstić information content (AvgIpc) is 3.11. The first-order valence-electron chi connectivity index (χ1n) is 8.46. The number of nitrogens with two attached hydrogens (primary N) is 1. The molecule has 0 saturated carbocycles. The number of nitrogen functional groups attached to an aromatic ring is 1. The number of aromatic nitrogens is 4. The van der Waals surface area contributed by atoms with Crippen molar-refractivity contribution in [2.24, 2.45) is 0 Å². The van der Waals surface area contributed by atoms with E-state index in [9.17, 15) is 0 Å². The molecule has 2 heterocycles. The van der Waals surface area contributed by atoms with E-state index in [4.69, 9.17) is 10.5 Å². The first kappa shape index (κ1) is 16.2. The van der Waals surface area contributed by atoms with Crippen LogP contribution in [0.2, 0.25) is 0 Å². The standard InChI is InChI=1S/C20H19N5O/c21-19-17-20(23-13-22-19)25(14-24-17)11-12-26-18(15-7-3-1-4-8-15)16-9-5-2-6-10-16/h1-10,13-14,18H,11-12H2,(H2,21,22,23). The van der Waals surface area contributed by atoms with Crippen molar-refractivity contribution in [1.82, 2.24) is 19.5 Å². The number of nitrogens with zero attached hydrogens (tertiary/aromatic N) is 4. The molecule has 0 fully saturated rings. The summed E-state index contributed by atoms with van der Waals surface area (Å²) in [4.78, 5) is 12.5. The molecule has 0 saturated heterocycles. The monoisotopic (exact) mass is 345 g/mol. The van der Waals surface area contributed by atoms with Crippen LogP contribution in [0.4, 0.5) is 5.82 Å². The minimum Gasteiger partial charge on any atom is -0.382 e. The van der Waals surface area contributed by atoms with Crippen molar-refractivity contribution in [1.29, 1.82) is 0 Å². The predicted octanol–water partition coefficient (Wildman–Crippen LogP) is 3.21. The molecule has 2 aromatic carbocycles. The van der Waals surface area contributed by atoms with Gasteiger partial charge in [0.25, 0.3) is 0 Å². The van der Waals surface area contributed by atoms with E-state index < -0.39 is 0 Å². The van der Waals surface area contributed by atoms with Crippen molar-refractivity contribution in [2.45, 2.75) is 12.6 Å². The van der Waals surface area contributed by atoms with Gasteiger partial charge in [-0.1, -0.05) is 60.7 Å². The third-order valence-electron chi connectivity index (χ3n) is 4.25. The molecule has 0 spiro atoms. The molecule has 4 aromatic rings. The Bertz CT molecular complexity index is 945. The predicted molar refractivity (Wildman–Crippen MR) is 100 cm³/mol. The summed E-state index contributed by atoms with van der Waals surface area (Å²) in [5, 5.41) is 0. The molecule has 4 rings (SSSR count). The summed E-state index contributed by atoms with van der Waals surface area (Å²) in [6, 6.07) is 20.4. The van der Waals surface area contributed by atoms with Crippen molar-refractivity contribution in [3.8, 4) is 0 Å². The molecular weight excluding hydrogens is 326 g/mol. The number of anilines is 1. The van der Waals surface area contributed by atoms with Gasteiger partial charge in [-0.2, -0.15) is 0 Å². The largest absolute Gasteiger partial charge is 0.382 e. The fourth-order valence-electron chi connectivity index (χ4n) is 2.97. The maximum absolute atomic E-state index is 6.24. The van der Waals surface area contributed by atoms with E-state index in [-0.39, 0.29) is 6.10 Å². The van der Waals surface area contributed by atoms with Crippen LogP contribution in [0.25, 0.3) is 11.2 Å². The van der Waals surface area contributed by atoms with E-state index in [1.54, 1.807) is 6.33 Å². The van der Waals surface area contributed by atoms with Crippen molar-refractivity contribution in [3.63, 3.8) is 0 Å². The summed E-state index contributed by atoms with van der Waals surface area (Å²) in [6.07, 6.45) is 3.05. The Morgan fingerprint density at radius 3 is 2.19 bits per heavy atom. The lowest BCUT2D eigenvalue weighted by atomic mass is 10.0. The Morgan fingerprint density at radius 2 is 1.54 bits per heavy atom. The number of hydrogen-bond donors (Lipinski definition) is 1. The Kier molecular flexibility index (Phi) is 4.57. The van der Waals surface area contributed by atoms with Gasteiger partial charge in [-0.25, -0.2) is 15.0 Å². The second-order valence-corrected chi connectivity index (χ2v) is 5.94. The molecule has 26 heavy (non-hydrogen) atoms. The lowest BCUT2D eigenvalue weighted by Gasteiger charge is -2.19. The van der Waals surface area contributed by atoms with Gasteiger partial charge < -0.3 is 15.0 Å². The molecule has 0 bridgehead atoms. The molecule has 0 aliphatic carbocycles. The normalized spacial score (nSPS) is 11.3. The van der Waals surface area contributed by atoms with Crippen LogP contribution in [0.5, 0.6) is 0 Å². The first-order chi connectivity index (χ1) is 12.8. The van der Waals surface area contributed by atoms with Gasteiger partial charge in [0, 0.05) is 6.54 Å². The zero-order chi connectivity index (χ0) is 17.8. The number of fused-ring (bicyclic) bond motifs is 1. The van der Waals surface area contributed by atoms with Gasteiger partial charge >= 0.3 is 0 Å². The molecule has 0 aliphatic rings. The zero-order valence-corrected chi connectivity index (χ0v) is 14.2. The molecular formula is C20H19N5O. The van der Waals surface area contributed by atoms with Crippen LogP contribution >= 0.6 is 0 Å². The molecule has 0 aliphatic heterocycles. The van der Waals surface area contributed by atoms with Crippen LogP contribution < -0.4 is 5.73 Å². The molecule has 0 atom stereocenters. The Labute approximate surface area is 151 Å². The first-order valence-corrected chi connectivity index (χ1v) is 8.46. The molecule has 0 unspecified atom stereocenters. The molecule has 2 N–H and O–H groups in total. The Balaban J connectivity index is 1.52. The summed E-state index contributed by atoms with van der Waals surface area (Å²) in [6.45, 7) is 1.15. The van der Waals surface area contributed by atoms with Crippen LogP contribution in [0, 0.1) is 0 Å². The lowest BCUT2D eigenvalue weighted by Crippen LogP contribution is -2.11. The smallest absolute Gasteiger partial charge is 0.165 e. The highest BCUT2D eigenvalue weighted by Gasteiger charge is 2.15. The Hall–Kier alpha value is -3.25. The maximum Gasteiger partial charge on any atom is 0.165 e. The summed E-state index contributed by atoms with van der Waals surface area (Å²) in [7, 11) is 0.